The maximum Gasteiger partial charge on any atom is 0.267 e. The van der Waals surface area contributed by atoms with E-state index in [9.17, 15) is 4.79 Å². The summed E-state index contributed by atoms with van der Waals surface area (Å²) < 4.78 is 1.01. The van der Waals surface area contributed by atoms with E-state index in [1.54, 1.807) is 0 Å². The first-order valence-corrected chi connectivity index (χ1v) is 8.02. The lowest BCUT2D eigenvalue weighted by molar-refractivity contribution is 0.103. The number of benzene rings is 2. The van der Waals surface area contributed by atoms with Crippen LogP contribution in [0.2, 0.25) is 5.02 Å². The van der Waals surface area contributed by atoms with Gasteiger partial charge in [-0.1, -0.05) is 41.9 Å². The van der Waals surface area contributed by atoms with E-state index < -0.39 is 0 Å². The summed E-state index contributed by atoms with van der Waals surface area (Å²) in [5.74, 6) is -0.180. The number of carbonyl (C=O) groups is 1. The number of hydrogen-bond acceptors (Lipinski definition) is 3. The summed E-state index contributed by atoms with van der Waals surface area (Å²) in [5, 5.41) is 4.39. The van der Waals surface area contributed by atoms with Crippen LogP contribution in [0, 0.1) is 0 Å². The van der Waals surface area contributed by atoms with E-state index in [1.807, 2.05) is 67.5 Å². The number of fused-ring (bicyclic) bond motifs is 1. The number of thiophene rings is 1. The van der Waals surface area contributed by atoms with Crippen molar-refractivity contribution in [1.29, 1.82) is 0 Å². The van der Waals surface area contributed by atoms with Crippen molar-refractivity contribution in [3.8, 4) is 0 Å². The Labute approximate surface area is 138 Å². The van der Waals surface area contributed by atoms with Crippen LogP contribution in [0.1, 0.15) is 9.67 Å². The lowest BCUT2D eigenvalue weighted by atomic mass is 10.2. The van der Waals surface area contributed by atoms with Crippen molar-refractivity contribution in [3.05, 3.63) is 58.4 Å². The van der Waals surface area contributed by atoms with Crippen LogP contribution in [0.25, 0.3) is 10.1 Å². The minimum atomic E-state index is -0.180. The van der Waals surface area contributed by atoms with E-state index in [2.05, 4.69) is 5.32 Å². The fraction of sp³-hybridized carbons (Fsp3) is 0.118. The Kier molecular flexibility index (Phi) is 4.05. The van der Waals surface area contributed by atoms with Gasteiger partial charge in [-0.2, -0.15) is 0 Å². The third kappa shape index (κ3) is 2.67. The molecule has 0 radical (unpaired) electrons. The largest absolute Gasteiger partial charge is 0.376 e. The Hall–Kier alpha value is -2.04. The van der Waals surface area contributed by atoms with Gasteiger partial charge in [0.15, 0.2) is 0 Å². The molecule has 0 atom stereocenters. The first-order chi connectivity index (χ1) is 10.6. The monoisotopic (exact) mass is 330 g/mol. The molecule has 0 fully saturated rings. The Morgan fingerprint density at radius 1 is 1.09 bits per heavy atom. The molecule has 0 spiro atoms. The number of halogens is 1. The smallest absolute Gasteiger partial charge is 0.267 e. The van der Waals surface area contributed by atoms with Crippen LogP contribution < -0.4 is 10.2 Å². The standard InChI is InChI=1S/C17H15ClN2OS/c1-20(2)13-9-5-4-8-12(13)19-17(21)16-15(18)11-7-3-6-10-14(11)22-16/h3-10H,1-2H3,(H,19,21). The second-order valence-electron chi connectivity index (χ2n) is 5.11. The predicted molar refractivity (Wildman–Crippen MR) is 95.6 cm³/mol. The highest BCUT2D eigenvalue weighted by Crippen LogP contribution is 2.36. The summed E-state index contributed by atoms with van der Waals surface area (Å²) >= 11 is 7.77. The molecular formula is C17H15ClN2OS. The lowest BCUT2D eigenvalue weighted by Gasteiger charge is -2.17. The van der Waals surface area contributed by atoms with Crippen LogP contribution in [0.3, 0.4) is 0 Å². The fourth-order valence-corrected chi connectivity index (χ4v) is 3.72. The Morgan fingerprint density at radius 3 is 2.50 bits per heavy atom. The Bertz CT molecular complexity index is 842. The highest BCUT2D eigenvalue weighted by molar-refractivity contribution is 7.21. The molecule has 0 saturated heterocycles. The van der Waals surface area contributed by atoms with Crippen LogP contribution >= 0.6 is 22.9 Å². The van der Waals surface area contributed by atoms with Crippen LogP contribution in [-0.4, -0.2) is 20.0 Å². The Balaban J connectivity index is 1.96. The van der Waals surface area contributed by atoms with Crippen molar-refractivity contribution in [2.75, 3.05) is 24.3 Å². The molecule has 1 heterocycles. The molecule has 1 aromatic heterocycles. The minimum absolute atomic E-state index is 0.180. The molecule has 0 aliphatic heterocycles. The lowest BCUT2D eigenvalue weighted by Crippen LogP contribution is -2.16. The molecule has 2 aromatic carbocycles. The van der Waals surface area contributed by atoms with Crippen molar-refractivity contribution in [2.45, 2.75) is 0 Å². The first kappa shape index (κ1) is 14.9. The Morgan fingerprint density at radius 2 is 1.77 bits per heavy atom. The average Bonchev–Trinajstić information content (AvgIpc) is 2.85. The second kappa shape index (κ2) is 5.99. The number of anilines is 2. The quantitative estimate of drug-likeness (QED) is 0.742. The van der Waals surface area contributed by atoms with Crippen molar-refractivity contribution < 1.29 is 4.79 Å². The molecule has 0 saturated carbocycles. The highest BCUT2D eigenvalue weighted by Gasteiger charge is 2.18. The van der Waals surface area contributed by atoms with E-state index in [0.29, 0.717) is 9.90 Å². The predicted octanol–water partition coefficient (Wildman–Crippen LogP) is 4.87. The SMILES string of the molecule is CN(C)c1ccccc1NC(=O)c1sc2ccccc2c1Cl. The van der Waals surface area contributed by atoms with Crippen LogP contribution in [0.4, 0.5) is 11.4 Å². The van der Waals surface area contributed by atoms with Crippen LogP contribution in [-0.2, 0) is 0 Å². The van der Waals surface area contributed by atoms with Gasteiger partial charge in [-0.15, -0.1) is 11.3 Å². The summed E-state index contributed by atoms with van der Waals surface area (Å²) in [6.45, 7) is 0. The molecule has 5 heteroatoms. The summed E-state index contributed by atoms with van der Waals surface area (Å²) in [4.78, 5) is 15.1. The van der Waals surface area contributed by atoms with Crippen molar-refractivity contribution in [2.24, 2.45) is 0 Å². The van der Waals surface area contributed by atoms with Crippen molar-refractivity contribution >= 4 is 50.3 Å². The molecule has 112 valence electrons. The van der Waals surface area contributed by atoms with E-state index in [4.69, 9.17) is 11.6 Å². The molecule has 22 heavy (non-hydrogen) atoms. The molecule has 0 aliphatic carbocycles. The fourth-order valence-electron chi connectivity index (χ4n) is 2.31. The number of nitrogens with zero attached hydrogens (tertiary/aromatic N) is 1. The summed E-state index contributed by atoms with van der Waals surface area (Å²) in [6.07, 6.45) is 0. The van der Waals surface area contributed by atoms with Crippen molar-refractivity contribution in [1.82, 2.24) is 0 Å². The van der Waals surface area contributed by atoms with Gasteiger partial charge in [0, 0.05) is 24.2 Å². The number of nitrogens with one attached hydrogen (secondary N) is 1. The summed E-state index contributed by atoms with van der Waals surface area (Å²) in [6, 6.07) is 15.4. The normalized spacial score (nSPS) is 10.7. The van der Waals surface area contributed by atoms with Crippen molar-refractivity contribution in [3.63, 3.8) is 0 Å². The zero-order chi connectivity index (χ0) is 15.7. The zero-order valence-electron chi connectivity index (χ0n) is 12.3. The number of rotatable bonds is 3. The molecule has 3 nitrogen and oxygen atoms in total. The second-order valence-corrected chi connectivity index (χ2v) is 6.54. The molecular weight excluding hydrogens is 316 g/mol. The molecule has 3 aromatic rings. The zero-order valence-corrected chi connectivity index (χ0v) is 13.8. The molecule has 0 bridgehead atoms. The molecule has 0 aliphatic rings. The molecule has 3 rings (SSSR count). The molecule has 1 amide bonds. The minimum Gasteiger partial charge on any atom is -0.376 e. The van der Waals surface area contributed by atoms with Crippen LogP contribution in [0.5, 0.6) is 0 Å². The van der Waals surface area contributed by atoms with Gasteiger partial charge < -0.3 is 10.2 Å². The highest BCUT2D eigenvalue weighted by atomic mass is 35.5. The summed E-state index contributed by atoms with van der Waals surface area (Å²) in [7, 11) is 3.88. The average molecular weight is 331 g/mol. The number of carbonyl (C=O) groups excluding carboxylic acids is 1. The number of para-hydroxylation sites is 2. The van der Waals surface area contributed by atoms with E-state index in [-0.39, 0.29) is 5.91 Å². The van der Waals surface area contributed by atoms with Gasteiger partial charge in [0.25, 0.3) is 5.91 Å². The maximum atomic E-state index is 12.6. The maximum absolute atomic E-state index is 12.6. The van der Waals surface area contributed by atoms with Gasteiger partial charge in [0.05, 0.1) is 16.4 Å². The molecule has 0 unspecified atom stereocenters. The van der Waals surface area contributed by atoms with E-state index in [1.165, 1.54) is 11.3 Å². The van der Waals surface area contributed by atoms with Crippen LogP contribution in [0.15, 0.2) is 48.5 Å². The molecule has 1 N–H and O–H groups in total. The topological polar surface area (TPSA) is 32.3 Å². The van der Waals surface area contributed by atoms with Gasteiger partial charge >= 0.3 is 0 Å². The third-order valence-corrected chi connectivity index (χ3v) is 5.05. The van der Waals surface area contributed by atoms with E-state index in [0.717, 1.165) is 21.5 Å². The van der Waals surface area contributed by atoms with Gasteiger partial charge in [-0.25, -0.2) is 0 Å². The number of hydrogen-bond donors (Lipinski definition) is 1. The first-order valence-electron chi connectivity index (χ1n) is 6.82. The third-order valence-electron chi connectivity index (χ3n) is 3.38. The van der Waals surface area contributed by atoms with Gasteiger partial charge in [-0.05, 0) is 18.2 Å². The van der Waals surface area contributed by atoms with Gasteiger partial charge in [0.2, 0.25) is 0 Å². The summed E-state index contributed by atoms with van der Waals surface area (Å²) in [5.41, 5.74) is 1.72. The van der Waals surface area contributed by atoms with Gasteiger partial charge in [-0.3, -0.25) is 4.79 Å². The van der Waals surface area contributed by atoms with Gasteiger partial charge in [0.1, 0.15) is 4.88 Å². The van der Waals surface area contributed by atoms with E-state index >= 15 is 0 Å². The number of amides is 1.